The molecule has 0 radical (unpaired) electrons. The van der Waals surface area contributed by atoms with E-state index in [1.165, 1.54) is 33.5 Å². The summed E-state index contributed by atoms with van der Waals surface area (Å²) >= 11 is 0. The Morgan fingerprint density at radius 2 is 1.63 bits per heavy atom. The Hall–Kier alpha value is -3.29. The van der Waals surface area contributed by atoms with Gasteiger partial charge in [-0.15, -0.1) is 0 Å². The van der Waals surface area contributed by atoms with Crippen LogP contribution in [0.15, 0.2) is 36.4 Å². The van der Waals surface area contributed by atoms with Gasteiger partial charge >= 0.3 is 5.97 Å². The number of benzene rings is 2. The SMILES string of the molecule is COc1ccc(C(CC(=O)O)NC(=O)c2cc(F)ccc2OC)cc1OC. The summed E-state index contributed by atoms with van der Waals surface area (Å²) < 4.78 is 29.0. The number of nitrogens with one attached hydrogen (secondary N) is 1. The number of hydrogen-bond donors (Lipinski definition) is 2. The average Bonchev–Trinajstić information content (AvgIpc) is 2.66. The smallest absolute Gasteiger partial charge is 0.305 e. The molecule has 0 aliphatic rings. The first kappa shape index (κ1) is 20.0. The van der Waals surface area contributed by atoms with Crippen molar-refractivity contribution in [3.63, 3.8) is 0 Å². The van der Waals surface area contributed by atoms with Crippen molar-refractivity contribution in [2.24, 2.45) is 0 Å². The highest BCUT2D eigenvalue weighted by Gasteiger charge is 2.22. The standard InChI is InChI=1S/C19H20FNO6/c1-25-15-7-5-12(20)9-13(15)19(24)21-14(10-18(22)23)11-4-6-16(26-2)17(8-11)27-3/h4-9,14H,10H2,1-3H3,(H,21,24)(H,22,23). The van der Waals surface area contributed by atoms with E-state index in [0.29, 0.717) is 17.1 Å². The Balaban J connectivity index is 2.36. The van der Waals surface area contributed by atoms with Crippen LogP contribution in [0.5, 0.6) is 17.2 Å². The van der Waals surface area contributed by atoms with Crippen LogP contribution in [-0.4, -0.2) is 38.3 Å². The van der Waals surface area contributed by atoms with Crippen LogP contribution in [0.1, 0.15) is 28.4 Å². The molecule has 0 saturated carbocycles. The van der Waals surface area contributed by atoms with E-state index < -0.39 is 23.7 Å². The van der Waals surface area contributed by atoms with E-state index in [0.717, 1.165) is 6.07 Å². The normalized spacial score (nSPS) is 11.4. The van der Waals surface area contributed by atoms with Gasteiger partial charge in [-0.1, -0.05) is 6.07 Å². The van der Waals surface area contributed by atoms with Crippen LogP contribution >= 0.6 is 0 Å². The molecule has 0 fully saturated rings. The molecule has 1 atom stereocenters. The van der Waals surface area contributed by atoms with Gasteiger partial charge in [0.2, 0.25) is 0 Å². The molecule has 2 aromatic rings. The number of carboxylic acid groups (broad SMARTS) is 1. The van der Waals surface area contributed by atoms with Crippen LogP contribution in [0.2, 0.25) is 0 Å². The van der Waals surface area contributed by atoms with Crippen molar-refractivity contribution >= 4 is 11.9 Å². The number of rotatable bonds is 8. The van der Waals surface area contributed by atoms with E-state index in [1.807, 2.05) is 0 Å². The van der Waals surface area contributed by atoms with Crippen molar-refractivity contribution in [1.82, 2.24) is 5.32 Å². The van der Waals surface area contributed by atoms with Crippen molar-refractivity contribution in [2.45, 2.75) is 12.5 Å². The second-order valence-corrected chi connectivity index (χ2v) is 5.58. The van der Waals surface area contributed by atoms with Gasteiger partial charge in [-0.2, -0.15) is 0 Å². The van der Waals surface area contributed by atoms with Gasteiger partial charge in [0, 0.05) is 0 Å². The molecular weight excluding hydrogens is 357 g/mol. The molecule has 0 aliphatic carbocycles. The molecule has 144 valence electrons. The largest absolute Gasteiger partial charge is 0.496 e. The lowest BCUT2D eigenvalue weighted by molar-refractivity contribution is -0.137. The number of carbonyl (C=O) groups is 2. The van der Waals surface area contributed by atoms with Crippen LogP contribution in [0.3, 0.4) is 0 Å². The third kappa shape index (κ3) is 4.87. The molecule has 0 spiro atoms. The van der Waals surface area contributed by atoms with Gasteiger partial charge < -0.3 is 24.6 Å². The van der Waals surface area contributed by atoms with Crippen molar-refractivity contribution in [3.8, 4) is 17.2 Å². The van der Waals surface area contributed by atoms with E-state index in [1.54, 1.807) is 18.2 Å². The molecule has 1 unspecified atom stereocenters. The first-order chi connectivity index (χ1) is 12.9. The van der Waals surface area contributed by atoms with Crippen LogP contribution in [0.25, 0.3) is 0 Å². The second-order valence-electron chi connectivity index (χ2n) is 5.58. The van der Waals surface area contributed by atoms with Gasteiger partial charge in [0.25, 0.3) is 5.91 Å². The number of halogens is 1. The molecule has 27 heavy (non-hydrogen) atoms. The van der Waals surface area contributed by atoms with Gasteiger partial charge in [-0.25, -0.2) is 4.39 Å². The molecule has 0 aromatic heterocycles. The molecule has 0 bridgehead atoms. The van der Waals surface area contributed by atoms with Gasteiger partial charge in [0.1, 0.15) is 11.6 Å². The average molecular weight is 377 g/mol. The Kier molecular flexibility index (Phi) is 6.59. The van der Waals surface area contributed by atoms with Gasteiger partial charge in [-0.05, 0) is 35.9 Å². The Morgan fingerprint density at radius 3 is 2.22 bits per heavy atom. The van der Waals surface area contributed by atoms with E-state index in [2.05, 4.69) is 5.32 Å². The Labute approximate surface area is 155 Å². The maximum Gasteiger partial charge on any atom is 0.305 e. The van der Waals surface area contributed by atoms with Crippen molar-refractivity contribution in [2.75, 3.05) is 21.3 Å². The summed E-state index contributed by atoms with van der Waals surface area (Å²) in [5.74, 6) is -1.35. The molecular formula is C19H20FNO6. The highest BCUT2D eigenvalue weighted by atomic mass is 19.1. The Bertz CT molecular complexity index is 839. The summed E-state index contributed by atoms with van der Waals surface area (Å²) in [7, 11) is 4.28. The van der Waals surface area contributed by atoms with Crippen LogP contribution < -0.4 is 19.5 Å². The summed E-state index contributed by atoms with van der Waals surface area (Å²) in [5, 5.41) is 11.8. The number of carbonyl (C=O) groups excluding carboxylic acids is 1. The molecule has 0 aliphatic heterocycles. The lowest BCUT2D eigenvalue weighted by atomic mass is 10.0. The fourth-order valence-electron chi connectivity index (χ4n) is 2.59. The minimum Gasteiger partial charge on any atom is -0.496 e. The van der Waals surface area contributed by atoms with Crippen molar-refractivity contribution in [3.05, 3.63) is 53.3 Å². The molecule has 0 heterocycles. The number of methoxy groups -OCH3 is 3. The molecule has 0 saturated heterocycles. The first-order valence-electron chi connectivity index (χ1n) is 7.97. The predicted octanol–water partition coefficient (Wildman–Crippen LogP) is 2.80. The third-order valence-electron chi connectivity index (χ3n) is 3.90. The lowest BCUT2D eigenvalue weighted by Crippen LogP contribution is -2.30. The second kappa shape index (κ2) is 8.88. The topological polar surface area (TPSA) is 94.1 Å². The minimum atomic E-state index is -1.11. The molecule has 7 nitrogen and oxygen atoms in total. The lowest BCUT2D eigenvalue weighted by Gasteiger charge is -2.20. The molecule has 2 N–H and O–H groups in total. The van der Waals surface area contributed by atoms with Gasteiger partial charge in [-0.3, -0.25) is 9.59 Å². The summed E-state index contributed by atoms with van der Waals surface area (Å²) in [6.07, 6.45) is -0.376. The predicted molar refractivity (Wildman–Crippen MR) is 95.0 cm³/mol. The highest BCUT2D eigenvalue weighted by Crippen LogP contribution is 2.31. The molecule has 1 amide bonds. The number of amides is 1. The summed E-state index contributed by atoms with van der Waals surface area (Å²) in [6, 6.07) is 7.46. The van der Waals surface area contributed by atoms with Crippen LogP contribution in [-0.2, 0) is 4.79 Å². The molecule has 8 heteroatoms. The van der Waals surface area contributed by atoms with Crippen LogP contribution in [0, 0.1) is 5.82 Å². The van der Waals surface area contributed by atoms with E-state index in [4.69, 9.17) is 14.2 Å². The number of aliphatic carboxylic acids is 1. The quantitative estimate of drug-likeness (QED) is 0.735. The monoisotopic (exact) mass is 377 g/mol. The van der Waals surface area contributed by atoms with Gasteiger partial charge in [0.05, 0.1) is 39.4 Å². The zero-order valence-electron chi connectivity index (χ0n) is 15.1. The van der Waals surface area contributed by atoms with E-state index in [-0.39, 0.29) is 17.7 Å². The zero-order valence-corrected chi connectivity index (χ0v) is 15.1. The highest BCUT2D eigenvalue weighted by molar-refractivity contribution is 5.97. The maximum absolute atomic E-state index is 13.5. The van der Waals surface area contributed by atoms with E-state index >= 15 is 0 Å². The summed E-state index contributed by atoms with van der Waals surface area (Å²) in [4.78, 5) is 23.9. The third-order valence-corrected chi connectivity index (χ3v) is 3.90. The van der Waals surface area contributed by atoms with E-state index in [9.17, 15) is 19.1 Å². The number of carboxylic acids is 1. The first-order valence-corrected chi connectivity index (χ1v) is 7.97. The summed E-state index contributed by atoms with van der Waals surface area (Å²) in [6.45, 7) is 0. The Morgan fingerprint density at radius 1 is 1.00 bits per heavy atom. The fraction of sp³-hybridized carbons (Fsp3) is 0.263. The van der Waals surface area contributed by atoms with Gasteiger partial charge in [0.15, 0.2) is 11.5 Å². The zero-order chi connectivity index (χ0) is 20.0. The van der Waals surface area contributed by atoms with Crippen molar-refractivity contribution < 1.29 is 33.3 Å². The number of hydrogen-bond acceptors (Lipinski definition) is 5. The van der Waals surface area contributed by atoms with Crippen molar-refractivity contribution in [1.29, 1.82) is 0 Å². The molecule has 2 rings (SSSR count). The fourth-order valence-corrected chi connectivity index (χ4v) is 2.59. The number of ether oxygens (including phenoxy) is 3. The van der Waals surface area contributed by atoms with Crippen LogP contribution in [0.4, 0.5) is 4.39 Å². The molecule has 2 aromatic carbocycles. The maximum atomic E-state index is 13.5. The minimum absolute atomic E-state index is 0.0339. The summed E-state index contributed by atoms with van der Waals surface area (Å²) in [5.41, 5.74) is 0.465.